The second-order valence-electron chi connectivity index (χ2n) is 9.72. The molecule has 0 saturated carbocycles. The number of benzene rings is 2. The van der Waals surface area contributed by atoms with E-state index < -0.39 is 14.3 Å². The number of anilines is 1. The number of ether oxygens (including phenoxy) is 1. The molecule has 0 atom stereocenters. The summed E-state index contributed by atoms with van der Waals surface area (Å²) < 4.78 is 12.0. The molecule has 0 saturated heterocycles. The number of thiophene rings is 1. The van der Waals surface area contributed by atoms with Gasteiger partial charge in [0.25, 0.3) is 8.32 Å². The molecule has 0 unspecified atom stereocenters. The lowest BCUT2D eigenvalue weighted by Crippen LogP contribution is -2.67. The van der Waals surface area contributed by atoms with Crippen molar-refractivity contribution in [2.45, 2.75) is 45.1 Å². The van der Waals surface area contributed by atoms with Crippen LogP contribution >= 0.6 is 11.3 Å². The molecule has 0 amide bonds. The lowest BCUT2D eigenvalue weighted by molar-refractivity contribution is 0.0602. The van der Waals surface area contributed by atoms with Crippen molar-refractivity contribution in [1.29, 1.82) is 0 Å². The molecule has 0 aliphatic rings. The fourth-order valence-corrected chi connectivity index (χ4v) is 9.86. The number of carbonyl (C=O) groups excluding carboxylic acids is 1. The smallest absolute Gasteiger partial charge is 0.340 e. The van der Waals surface area contributed by atoms with Crippen LogP contribution in [0.1, 0.15) is 49.9 Å². The van der Waals surface area contributed by atoms with E-state index in [9.17, 15) is 4.79 Å². The molecule has 0 bridgehead atoms. The van der Waals surface area contributed by atoms with Gasteiger partial charge in [0.15, 0.2) is 0 Å². The molecule has 170 valence electrons. The van der Waals surface area contributed by atoms with Crippen LogP contribution < -0.4 is 16.1 Å². The van der Waals surface area contributed by atoms with Crippen molar-refractivity contribution in [1.82, 2.24) is 0 Å². The number of rotatable bonds is 7. The summed E-state index contributed by atoms with van der Waals surface area (Å²) in [6.45, 7) is 11.6. The Labute approximate surface area is 196 Å². The molecule has 0 spiro atoms. The molecule has 3 aromatic rings. The van der Waals surface area contributed by atoms with Gasteiger partial charge in [-0.2, -0.15) is 0 Å². The summed E-state index contributed by atoms with van der Waals surface area (Å²) in [5, 5.41) is 2.87. The standard InChI is InChI=1S/C26H33NO3SSi/c1-25(2,3)32(19-13-9-7-10-14-19,20-15-11-8-12-16-20)30-18-26(4,5)22-17-21(23(27)31-22)24(28)29-6/h7-17H,18,27H2,1-6H3. The zero-order chi connectivity index (χ0) is 23.6. The molecule has 0 aliphatic carbocycles. The van der Waals surface area contributed by atoms with E-state index in [-0.39, 0.29) is 10.5 Å². The number of methoxy groups -OCH3 is 1. The third-order valence-corrected chi connectivity index (χ3v) is 12.2. The van der Waals surface area contributed by atoms with Gasteiger partial charge < -0.3 is 14.9 Å². The Morgan fingerprint density at radius 2 is 1.44 bits per heavy atom. The van der Waals surface area contributed by atoms with Crippen molar-refractivity contribution in [3.63, 3.8) is 0 Å². The number of hydrogen-bond donors (Lipinski definition) is 1. The molecule has 4 nitrogen and oxygen atoms in total. The van der Waals surface area contributed by atoms with Crippen molar-refractivity contribution in [2.75, 3.05) is 19.5 Å². The van der Waals surface area contributed by atoms with Gasteiger partial charge in [0.05, 0.1) is 12.7 Å². The van der Waals surface area contributed by atoms with Crippen LogP contribution in [-0.2, 0) is 14.6 Å². The molecule has 32 heavy (non-hydrogen) atoms. The van der Waals surface area contributed by atoms with E-state index in [0.29, 0.717) is 17.2 Å². The number of nitrogens with two attached hydrogens (primary N) is 1. The van der Waals surface area contributed by atoms with Crippen LogP contribution in [0.5, 0.6) is 0 Å². The van der Waals surface area contributed by atoms with Gasteiger partial charge in [-0.25, -0.2) is 4.79 Å². The predicted molar refractivity (Wildman–Crippen MR) is 137 cm³/mol. The summed E-state index contributed by atoms with van der Waals surface area (Å²) in [4.78, 5) is 13.1. The summed E-state index contributed by atoms with van der Waals surface area (Å²) in [7, 11) is -1.27. The van der Waals surface area contributed by atoms with Crippen molar-refractivity contribution >= 4 is 41.0 Å². The molecule has 2 aromatic carbocycles. The van der Waals surface area contributed by atoms with Gasteiger partial charge in [0, 0.05) is 16.9 Å². The van der Waals surface area contributed by atoms with E-state index in [4.69, 9.17) is 14.9 Å². The molecule has 1 aromatic heterocycles. The normalized spacial score (nSPS) is 12.6. The summed E-state index contributed by atoms with van der Waals surface area (Å²) in [5.41, 5.74) is 6.22. The topological polar surface area (TPSA) is 61.5 Å². The maximum Gasteiger partial charge on any atom is 0.340 e. The Bertz CT molecular complexity index is 1020. The zero-order valence-corrected chi connectivity index (χ0v) is 21.6. The first-order chi connectivity index (χ1) is 15.0. The first-order valence-electron chi connectivity index (χ1n) is 10.8. The van der Waals surface area contributed by atoms with Crippen LogP contribution in [0.15, 0.2) is 66.7 Å². The van der Waals surface area contributed by atoms with Gasteiger partial charge in [-0.05, 0) is 21.5 Å². The third kappa shape index (κ3) is 4.53. The van der Waals surface area contributed by atoms with E-state index in [1.807, 2.05) is 18.2 Å². The lowest BCUT2D eigenvalue weighted by Gasteiger charge is -2.44. The molecule has 0 fully saturated rings. The highest BCUT2D eigenvalue weighted by Crippen LogP contribution is 2.40. The zero-order valence-electron chi connectivity index (χ0n) is 19.8. The third-order valence-electron chi connectivity index (χ3n) is 5.90. The monoisotopic (exact) mass is 467 g/mol. The van der Waals surface area contributed by atoms with E-state index in [1.165, 1.54) is 28.8 Å². The number of esters is 1. The molecular weight excluding hydrogens is 434 g/mol. The van der Waals surface area contributed by atoms with Crippen LogP contribution in [-0.4, -0.2) is 28.0 Å². The maximum atomic E-state index is 12.1. The Kier molecular flexibility index (Phi) is 6.98. The maximum absolute atomic E-state index is 12.1. The van der Waals surface area contributed by atoms with Gasteiger partial charge in [-0.3, -0.25) is 0 Å². The van der Waals surface area contributed by atoms with Crippen molar-refractivity contribution in [2.24, 2.45) is 0 Å². The highest BCUT2D eigenvalue weighted by molar-refractivity contribution is 7.16. The van der Waals surface area contributed by atoms with Crippen molar-refractivity contribution in [3.05, 3.63) is 77.2 Å². The van der Waals surface area contributed by atoms with Crippen LogP contribution in [0.4, 0.5) is 5.00 Å². The van der Waals surface area contributed by atoms with E-state index in [2.05, 4.69) is 83.1 Å². The molecular formula is C26H33NO3SSi. The highest BCUT2D eigenvalue weighted by atomic mass is 32.1. The van der Waals surface area contributed by atoms with Crippen LogP contribution in [0.25, 0.3) is 0 Å². The minimum Gasteiger partial charge on any atom is -0.465 e. The van der Waals surface area contributed by atoms with Crippen LogP contribution in [0, 0.1) is 0 Å². The second-order valence-corrected chi connectivity index (χ2v) is 15.1. The van der Waals surface area contributed by atoms with Gasteiger partial charge in [-0.15, -0.1) is 11.3 Å². The number of carbonyl (C=O) groups is 1. The van der Waals surface area contributed by atoms with Crippen molar-refractivity contribution < 1.29 is 14.0 Å². The Hall–Kier alpha value is -2.41. The van der Waals surface area contributed by atoms with E-state index in [0.717, 1.165) is 4.88 Å². The van der Waals surface area contributed by atoms with Crippen LogP contribution in [0.3, 0.4) is 0 Å². The second kappa shape index (κ2) is 9.22. The molecule has 3 rings (SSSR count). The van der Waals surface area contributed by atoms with Gasteiger partial charge in [-0.1, -0.05) is 95.3 Å². The molecule has 1 heterocycles. The summed E-state index contributed by atoms with van der Waals surface area (Å²) in [6.07, 6.45) is 0. The first kappa shape index (κ1) is 24.2. The van der Waals surface area contributed by atoms with Gasteiger partial charge >= 0.3 is 5.97 Å². The SMILES string of the molecule is COC(=O)c1cc(C(C)(C)CO[Si](c2ccccc2)(c2ccccc2)C(C)(C)C)sc1N. The van der Waals surface area contributed by atoms with Crippen LogP contribution in [0.2, 0.25) is 5.04 Å². The quantitative estimate of drug-likeness (QED) is 0.394. The summed E-state index contributed by atoms with van der Waals surface area (Å²) >= 11 is 1.43. The largest absolute Gasteiger partial charge is 0.465 e. The summed E-state index contributed by atoms with van der Waals surface area (Å²) in [5.74, 6) is -0.409. The number of hydrogen-bond acceptors (Lipinski definition) is 5. The number of nitrogen functional groups attached to an aromatic ring is 1. The fraction of sp³-hybridized carbons (Fsp3) is 0.346. The summed E-state index contributed by atoms with van der Waals surface area (Å²) in [6, 6.07) is 23.0. The fourth-order valence-electron chi connectivity index (χ4n) is 4.13. The molecule has 6 heteroatoms. The molecule has 2 N–H and O–H groups in total. The average molecular weight is 468 g/mol. The average Bonchev–Trinajstić information content (AvgIpc) is 3.17. The minimum absolute atomic E-state index is 0.0998. The lowest BCUT2D eigenvalue weighted by atomic mass is 9.92. The van der Waals surface area contributed by atoms with E-state index >= 15 is 0 Å². The minimum atomic E-state index is -2.65. The van der Waals surface area contributed by atoms with Gasteiger partial charge in [0.1, 0.15) is 5.00 Å². The Morgan fingerprint density at radius 1 is 0.938 bits per heavy atom. The van der Waals surface area contributed by atoms with Gasteiger partial charge in [0.2, 0.25) is 0 Å². The van der Waals surface area contributed by atoms with Crippen molar-refractivity contribution in [3.8, 4) is 0 Å². The predicted octanol–water partition coefficient (Wildman–Crippen LogP) is 4.97. The Morgan fingerprint density at radius 3 is 1.88 bits per heavy atom. The highest BCUT2D eigenvalue weighted by Gasteiger charge is 2.51. The molecule has 0 radical (unpaired) electrons. The molecule has 0 aliphatic heterocycles. The Balaban J connectivity index is 2.05. The first-order valence-corrected chi connectivity index (χ1v) is 13.5. The van der Waals surface area contributed by atoms with E-state index in [1.54, 1.807) is 0 Å².